The predicted molar refractivity (Wildman–Crippen MR) is 105 cm³/mol. The molecule has 1 aliphatic carbocycles. The first-order valence-electron chi connectivity index (χ1n) is 9.43. The quantitative estimate of drug-likeness (QED) is 0.699. The average Bonchev–Trinajstić information content (AvgIpc) is 2.65. The van der Waals surface area contributed by atoms with Crippen LogP contribution in [0.15, 0.2) is 59.7 Å². The summed E-state index contributed by atoms with van der Waals surface area (Å²) >= 11 is 0. The minimum Gasteiger partial charge on any atom is -0.334 e. The molecule has 138 valence electrons. The number of benzene rings is 1. The van der Waals surface area contributed by atoms with E-state index < -0.39 is 0 Å². The fraction of sp³-hybridized carbons (Fsp3) is 0.318. The minimum absolute atomic E-state index is 0.133. The molecule has 0 bridgehead atoms. The Kier molecular flexibility index (Phi) is 4.75. The first-order chi connectivity index (χ1) is 13.1. The van der Waals surface area contributed by atoms with Gasteiger partial charge in [-0.3, -0.25) is 14.0 Å². The molecule has 1 fully saturated rings. The van der Waals surface area contributed by atoms with Crippen molar-refractivity contribution >= 4 is 11.6 Å². The highest BCUT2D eigenvalue weighted by atomic mass is 16.2. The minimum atomic E-state index is -0.305. The maximum atomic E-state index is 13.2. The number of nitrogens with zero attached hydrogens (tertiary/aromatic N) is 3. The normalized spacial score (nSPS) is 14.1. The van der Waals surface area contributed by atoms with E-state index in [1.807, 2.05) is 43.3 Å². The lowest BCUT2D eigenvalue weighted by atomic mass is 9.85. The van der Waals surface area contributed by atoms with Crippen molar-refractivity contribution in [3.05, 3.63) is 81.9 Å². The van der Waals surface area contributed by atoms with Crippen molar-refractivity contribution in [3.63, 3.8) is 0 Å². The van der Waals surface area contributed by atoms with Gasteiger partial charge in [-0.05, 0) is 42.9 Å². The van der Waals surface area contributed by atoms with Crippen LogP contribution in [0.4, 0.5) is 0 Å². The Morgan fingerprint density at radius 1 is 1.19 bits per heavy atom. The molecule has 3 aromatic rings. The van der Waals surface area contributed by atoms with Gasteiger partial charge in [0.1, 0.15) is 11.2 Å². The molecule has 0 radical (unpaired) electrons. The highest BCUT2D eigenvalue weighted by Crippen LogP contribution is 2.28. The van der Waals surface area contributed by atoms with Crippen LogP contribution in [-0.2, 0) is 6.54 Å². The van der Waals surface area contributed by atoms with Crippen LogP contribution in [0.3, 0.4) is 0 Å². The van der Waals surface area contributed by atoms with Crippen molar-refractivity contribution in [3.8, 4) is 0 Å². The van der Waals surface area contributed by atoms with Crippen LogP contribution in [0.2, 0.25) is 0 Å². The number of hydrogen-bond acceptors (Lipinski definition) is 3. The molecule has 5 nitrogen and oxygen atoms in total. The maximum absolute atomic E-state index is 13.2. The number of amides is 1. The van der Waals surface area contributed by atoms with Gasteiger partial charge in [-0.25, -0.2) is 4.98 Å². The summed E-state index contributed by atoms with van der Waals surface area (Å²) in [6.45, 7) is 3.11. The lowest BCUT2D eigenvalue weighted by molar-refractivity contribution is 0.0677. The van der Waals surface area contributed by atoms with Crippen molar-refractivity contribution in [2.75, 3.05) is 6.54 Å². The number of carbonyl (C=O) groups excluding carboxylic acids is 1. The molecular formula is C22H23N3O2. The van der Waals surface area contributed by atoms with Gasteiger partial charge in [-0.2, -0.15) is 0 Å². The summed E-state index contributed by atoms with van der Waals surface area (Å²) in [5, 5.41) is 0. The molecule has 0 spiro atoms. The lowest BCUT2D eigenvalue weighted by Crippen LogP contribution is -2.39. The number of rotatable bonds is 5. The summed E-state index contributed by atoms with van der Waals surface area (Å²) in [5.41, 5.74) is 2.39. The molecule has 0 N–H and O–H groups in total. The molecule has 1 saturated carbocycles. The van der Waals surface area contributed by atoms with E-state index in [0.717, 1.165) is 24.0 Å². The van der Waals surface area contributed by atoms with E-state index in [1.54, 1.807) is 17.2 Å². The Morgan fingerprint density at radius 2 is 1.96 bits per heavy atom. The number of aromatic nitrogens is 2. The second kappa shape index (κ2) is 7.35. The van der Waals surface area contributed by atoms with Crippen molar-refractivity contribution in [2.45, 2.75) is 32.7 Å². The Morgan fingerprint density at radius 3 is 2.67 bits per heavy atom. The molecule has 2 aromatic heterocycles. The Hall–Kier alpha value is -2.95. The smallest absolute Gasteiger partial charge is 0.270 e. The van der Waals surface area contributed by atoms with E-state index in [9.17, 15) is 9.59 Å². The number of pyridine rings is 1. The molecule has 0 unspecified atom stereocenters. The van der Waals surface area contributed by atoms with Gasteiger partial charge in [0.2, 0.25) is 0 Å². The van der Waals surface area contributed by atoms with Crippen LogP contribution in [0, 0.1) is 12.8 Å². The van der Waals surface area contributed by atoms with Gasteiger partial charge >= 0.3 is 0 Å². The topological polar surface area (TPSA) is 54.7 Å². The van der Waals surface area contributed by atoms with E-state index in [-0.39, 0.29) is 17.0 Å². The Balaban J connectivity index is 1.68. The van der Waals surface area contributed by atoms with Crippen molar-refractivity contribution < 1.29 is 4.79 Å². The molecule has 0 saturated heterocycles. The summed E-state index contributed by atoms with van der Waals surface area (Å²) in [5.74, 6) is 0.287. The highest BCUT2D eigenvalue weighted by Gasteiger charge is 2.26. The molecule has 0 aliphatic heterocycles. The summed E-state index contributed by atoms with van der Waals surface area (Å²) in [7, 11) is 0. The van der Waals surface area contributed by atoms with E-state index in [0.29, 0.717) is 24.7 Å². The zero-order valence-electron chi connectivity index (χ0n) is 15.5. The highest BCUT2D eigenvalue weighted by molar-refractivity contribution is 5.93. The lowest BCUT2D eigenvalue weighted by Gasteiger charge is -2.32. The number of fused-ring (bicyclic) bond motifs is 1. The molecule has 27 heavy (non-hydrogen) atoms. The van der Waals surface area contributed by atoms with Crippen molar-refractivity contribution in [1.29, 1.82) is 0 Å². The van der Waals surface area contributed by atoms with Crippen LogP contribution in [0.1, 0.15) is 40.7 Å². The van der Waals surface area contributed by atoms with Crippen LogP contribution >= 0.6 is 0 Å². The predicted octanol–water partition coefficient (Wildman–Crippen LogP) is 3.45. The van der Waals surface area contributed by atoms with Gasteiger partial charge in [0.25, 0.3) is 11.5 Å². The standard InChI is InChI=1S/C22H23N3O2/c1-16-10-11-20-23-12-19(22(27)25(20)13-16)21(26)24(15-18-8-5-9-18)14-17-6-3-2-4-7-17/h2-4,6-7,10-13,18H,5,8-9,14-15H2,1H3. The monoisotopic (exact) mass is 361 g/mol. The molecule has 5 heteroatoms. The molecule has 1 aromatic carbocycles. The zero-order chi connectivity index (χ0) is 18.8. The third kappa shape index (κ3) is 3.63. The fourth-order valence-electron chi connectivity index (χ4n) is 3.51. The van der Waals surface area contributed by atoms with Gasteiger partial charge in [-0.1, -0.05) is 42.8 Å². The fourth-order valence-corrected chi connectivity index (χ4v) is 3.51. The molecule has 0 atom stereocenters. The summed E-state index contributed by atoms with van der Waals surface area (Å²) in [6.07, 6.45) is 6.67. The Labute approximate surface area is 158 Å². The van der Waals surface area contributed by atoms with Gasteiger partial charge in [0.15, 0.2) is 0 Å². The van der Waals surface area contributed by atoms with Crippen molar-refractivity contribution in [2.24, 2.45) is 5.92 Å². The Bertz CT molecular complexity index is 1020. The van der Waals surface area contributed by atoms with Gasteiger partial charge in [-0.15, -0.1) is 0 Å². The SMILES string of the molecule is Cc1ccc2ncc(C(=O)N(Cc3ccccc3)CC3CCC3)c(=O)n2c1. The molecule has 1 amide bonds. The molecule has 1 aliphatic rings. The van der Waals surface area contributed by atoms with Crippen molar-refractivity contribution in [1.82, 2.24) is 14.3 Å². The number of carbonyl (C=O) groups is 1. The second-order valence-corrected chi connectivity index (χ2v) is 7.38. The van der Waals surface area contributed by atoms with Gasteiger partial charge in [0, 0.05) is 25.5 Å². The first-order valence-corrected chi connectivity index (χ1v) is 9.43. The van der Waals surface area contributed by atoms with Crippen LogP contribution in [-0.4, -0.2) is 26.7 Å². The molecule has 4 rings (SSSR count). The van der Waals surface area contributed by atoms with Gasteiger partial charge in [0.05, 0.1) is 0 Å². The van der Waals surface area contributed by atoms with Crippen LogP contribution in [0.5, 0.6) is 0 Å². The van der Waals surface area contributed by atoms with E-state index >= 15 is 0 Å². The second-order valence-electron chi connectivity index (χ2n) is 7.38. The average molecular weight is 361 g/mol. The third-order valence-electron chi connectivity index (χ3n) is 5.29. The van der Waals surface area contributed by atoms with E-state index in [4.69, 9.17) is 0 Å². The number of hydrogen-bond donors (Lipinski definition) is 0. The van der Waals surface area contributed by atoms with Crippen LogP contribution in [0.25, 0.3) is 5.65 Å². The number of aryl methyl sites for hydroxylation is 1. The summed E-state index contributed by atoms with van der Waals surface area (Å²) in [6, 6.07) is 13.6. The van der Waals surface area contributed by atoms with Crippen LogP contribution < -0.4 is 5.56 Å². The zero-order valence-corrected chi connectivity index (χ0v) is 15.5. The summed E-state index contributed by atoms with van der Waals surface area (Å²) in [4.78, 5) is 32.3. The van der Waals surface area contributed by atoms with Gasteiger partial charge < -0.3 is 4.90 Å². The van der Waals surface area contributed by atoms with E-state index in [2.05, 4.69) is 4.98 Å². The maximum Gasteiger partial charge on any atom is 0.270 e. The first kappa shape index (κ1) is 17.5. The summed E-state index contributed by atoms with van der Waals surface area (Å²) < 4.78 is 1.46. The molecule has 2 heterocycles. The van der Waals surface area contributed by atoms with E-state index in [1.165, 1.54) is 17.0 Å². The largest absolute Gasteiger partial charge is 0.334 e. The molecular weight excluding hydrogens is 338 g/mol. The third-order valence-corrected chi connectivity index (χ3v) is 5.29.